The molecular formula is C17H20N2O3. The van der Waals surface area contributed by atoms with Crippen molar-refractivity contribution in [2.75, 3.05) is 24.3 Å². The van der Waals surface area contributed by atoms with E-state index in [4.69, 9.17) is 15.2 Å². The van der Waals surface area contributed by atoms with Gasteiger partial charge in [-0.05, 0) is 37.6 Å². The third kappa shape index (κ3) is 4.15. The first kappa shape index (κ1) is 15.7. The number of rotatable bonds is 6. The fourth-order valence-corrected chi connectivity index (χ4v) is 1.96. The molecular weight excluding hydrogens is 280 g/mol. The lowest BCUT2D eigenvalue weighted by atomic mass is 10.2. The van der Waals surface area contributed by atoms with E-state index in [2.05, 4.69) is 5.32 Å². The van der Waals surface area contributed by atoms with Crippen molar-refractivity contribution in [2.24, 2.45) is 0 Å². The van der Waals surface area contributed by atoms with Gasteiger partial charge in [0.05, 0.1) is 18.0 Å². The smallest absolute Gasteiger partial charge is 0.262 e. The van der Waals surface area contributed by atoms with Crippen molar-refractivity contribution in [1.82, 2.24) is 0 Å². The highest BCUT2D eigenvalue weighted by Crippen LogP contribution is 2.24. The van der Waals surface area contributed by atoms with Gasteiger partial charge in [0.1, 0.15) is 11.5 Å². The number of nitrogen functional groups attached to an aromatic ring is 1. The molecule has 0 aliphatic carbocycles. The molecule has 0 aliphatic heterocycles. The van der Waals surface area contributed by atoms with Crippen LogP contribution >= 0.6 is 0 Å². The Bertz CT molecular complexity index is 656. The zero-order valence-electron chi connectivity index (χ0n) is 12.8. The number of carbonyl (C=O) groups is 1. The predicted octanol–water partition coefficient (Wildman–Crippen LogP) is 2.99. The van der Waals surface area contributed by atoms with Gasteiger partial charge in [-0.3, -0.25) is 4.79 Å². The molecule has 0 saturated heterocycles. The van der Waals surface area contributed by atoms with E-state index in [0.29, 0.717) is 29.5 Å². The predicted molar refractivity (Wildman–Crippen MR) is 87.3 cm³/mol. The zero-order valence-corrected chi connectivity index (χ0v) is 12.8. The number of carbonyl (C=O) groups excluding carboxylic acids is 1. The molecule has 116 valence electrons. The minimum Gasteiger partial charge on any atom is -0.494 e. The van der Waals surface area contributed by atoms with Crippen LogP contribution in [0.3, 0.4) is 0 Å². The number of ether oxygens (including phenoxy) is 2. The minimum absolute atomic E-state index is 0.0719. The molecule has 2 aromatic carbocycles. The third-order valence-electron chi connectivity index (χ3n) is 3.06. The van der Waals surface area contributed by atoms with E-state index in [1.165, 1.54) is 0 Å². The molecule has 0 aromatic heterocycles. The van der Waals surface area contributed by atoms with Crippen molar-refractivity contribution in [1.29, 1.82) is 0 Å². The Morgan fingerprint density at radius 2 is 1.95 bits per heavy atom. The standard InChI is InChI=1S/C17H20N2O3/c1-3-21-13-8-9-15(14(18)10-13)19-17(20)11-22-16-7-5-4-6-12(16)2/h4-10H,3,11,18H2,1-2H3,(H,19,20). The molecule has 0 unspecified atom stereocenters. The molecule has 0 heterocycles. The number of benzene rings is 2. The maximum atomic E-state index is 11.9. The molecule has 0 spiro atoms. The summed E-state index contributed by atoms with van der Waals surface area (Å²) < 4.78 is 10.8. The van der Waals surface area contributed by atoms with E-state index in [1.807, 2.05) is 38.1 Å². The molecule has 22 heavy (non-hydrogen) atoms. The van der Waals surface area contributed by atoms with Crippen LogP contribution in [-0.2, 0) is 4.79 Å². The topological polar surface area (TPSA) is 73.6 Å². The van der Waals surface area contributed by atoms with Crippen molar-refractivity contribution >= 4 is 17.3 Å². The third-order valence-corrected chi connectivity index (χ3v) is 3.06. The van der Waals surface area contributed by atoms with Crippen molar-refractivity contribution in [3.63, 3.8) is 0 Å². The fourth-order valence-electron chi connectivity index (χ4n) is 1.96. The highest BCUT2D eigenvalue weighted by Gasteiger charge is 2.08. The lowest BCUT2D eigenvalue weighted by molar-refractivity contribution is -0.118. The first-order valence-electron chi connectivity index (χ1n) is 7.10. The summed E-state index contributed by atoms with van der Waals surface area (Å²) in [5.41, 5.74) is 7.88. The fraction of sp³-hybridized carbons (Fsp3) is 0.235. The maximum absolute atomic E-state index is 11.9. The van der Waals surface area contributed by atoms with Crippen LogP contribution in [-0.4, -0.2) is 19.1 Å². The maximum Gasteiger partial charge on any atom is 0.262 e. The summed E-state index contributed by atoms with van der Waals surface area (Å²) in [6.45, 7) is 4.32. The van der Waals surface area contributed by atoms with Gasteiger partial charge in [0.25, 0.3) is 5.91 Å². The summed E-state index contributed by atoms with van der Waals surface area (Å²) in [6, 6.07) is 12.7. The molecule has 0 radical (unpaired) electrons. The molecule has 2 aromatic rings. The molecule has 0 aliphatic rings. The average Bonchev–Trinajstić information content (AvgIpc) is 2.49. The normalized spacial score (nSPS) is 10.1. The second-order valence-corrected chi connectivity index (χ2v) is 4.78. The Morgan fingerprint density at radius 3 is 2.64 bits per heavy atom. The SMILES string of the molecule is CCOc1ccc(NC(=O)COc2ccccc2C)c(N)c1. The van der Waals surface area contributed by atoms with Gasteiger partial charge in [0.15, 0.2) is 6.61 Å². The van der Waals surface area contributed by atoms with Gasteiger partial charge < -0.3 is 20.5 Å². The van der Waals surface area contributed by atoms with Crippen LogP contribution in [0.5, 0.6) is 11.5 Å². The van der Waals surface area contributed by atoms with Gasteiger partial charge in [-0.1, -0.05) is 18.2 Å². The molecule has 5 nitrogen and oxygen atoms in total. The highest BCUT2D eigenvalue weighted by atomic mass is 16.5. The summed E-state index contributed by atoms with van der Waals surface area (Å²) in [6.07, 6.45) is 0. The van der Waals surface area contributed by atoms with E-state index in [9.17, 15) is 4.79 Å². The number of anilines is 2. The number of hydrogen-bond donors (Lipinski definition) is 2. The molecule has 0 saturated carbocycles. The molecule has 0 fully saturated rings. The van der Waals surface area contributed by atoms with Crippen LogP contribution in [0, 0.1) is 6.92 Å². The minimum atomic E-state index is -0.265. The number of para-hydroxylation sites is 1. The number of hydrogen-bond acceptors (Lipinski definition) is 4. The Labute approximate surface area is 130 Å². The number of aryl methyl sites for hydroxylation is 1. The Balaban J connectivity index is 1.93. The highest BCUT2D eigenvalue weighted by molar-refractivity contribution is 5.95. The summed E-state index contributed by atoms with van der Waals surface area (Å²) in [7, 11) is 0. The van der Waals surface area contributed by atoms with Crippen LogP contribution < -0.4 is 20.5 Å². The number of nitrogens with two attached hydrogens (primary N) is 1. The zero-order chi connectivity index (χ0) is 15.9. The second-order valence-electron chi connectivity index (χ2n) is 4.78. The van der Waals surface area contributed by atoms with Crippen molar-refractivity contribution in [2.45, 2.75) is 13.8 Å². The van der Waals surface area contributed by atoms with Gasteiger partial charge in [0, 0.05) is 6.07 Å². The van der Waals surface area contributed by atoms with Crippen molar-refractivity contribution < 1.29 is 14.3 Å². The van der Waals surface area contributed by atoms with Gasteiger partial charge in [-0.15, -0.1) is 0 Å². The summed E-state index contributed by atoms with van der Waals surface area (Å²) in [5, 5.41) is 2.72. The number of amides is 1. The molecule has 2 rings (SSSR count). The summed E-state index contributed by atoms with van der Waals surface area (Å²) in [4.78, 5) is 11.9. The van der Waals surface area contributed by atoms with Crippen LogP contribution in [0.15, 0.2) is 42.5 Å². The van der Waals surface area contributed by atoms with Gasteiger partial charge in [0.2, 0.25) is 0 Å². The lowest BCUT2D eigenvalue weighted by Crippen LogP contribution is -2.21. The van der Waals surface area contributed by atoms with E-state index in [0.717, 1.165) is 5.56 Å². The largest absolute Gasteiger partial charge is 0.494 e. The van der Waals surface area contributed by atoms with Gasteiger partial charge in [-0.25, -0.2) is 0 Å². The van der Waals surface area contributed by atoms with E-state index < -0.39 is 0 Å². The second kappa shape index (κ2) is 7.36. The van der Waals surface area contributed by atoms with Crippen LogP contribution in [0.25, 0.3) is 0 Å². The molecule has 1 amide bonds. The first-order valence-corrected chi connectivity index (χ1v) is 7.10. The molecule has 0 atom stereocenters. The molecule has 0 bridgehead atoms. The van der Waals surface area contributed by atoms with Gasteiger partial charge in [-0.2, -0.15) is 0 Å². The summed E-state index contributed by atoms with van der Waals surface area (Å²) in [5.74, 6) is 1.10. The number of nitrogens with one attached hydrogen (secondary N) is 1. The van der Waals surface area contributed by atoms with Crippen LogP contribution in [0.1, 0.15) is 12.5 Å². The van der Waals surface area contributed by atoms with Crippen molar-refractivity contribution in [3.8, 4) is 11.5 Å². The van der Waals surface area contributed by atoms with E-state index in [1.54, 1.807) is 18.2 Å². The quantitative estimate of drug-likeness (QED) is 0.804. The van der Waals surface area contributed by atoms with Crippen molar-refractivity contribution in [3.05, 3.63) is 48.0 Å². The average molecular weight is 300 g/mol. The molecule has 3 N–H and O–H groups in total. The Morgan fingerprint density at radius 1 is 1.18 bits per heavy atom. The van der Waals surface area contributed by atoms with Gasteiger partial charge >= 0.3 is 0 Å². The van der Waals surface area contributed by atoms with E-state index >= 15 is 0 Å². The monoisotopic (exact) mass is 300 g/mol. The Hall–Kier alpha value is -2.69. The Kier molecular flexibility index (Phi) is 5.25. The van der Waals surface area contributed by atoms with Crippen LogP contribution in [0.2, 0.25) is 0 Å². The lowest BCUT2D eigenvalue weighted by Gasteiger charge is -2.12. The molecule has 5 heteroatoms. The van der Waals surface area contributed by atoms with E-state index in [-0.39, 0.29) is 12.5 Å². The summed E-state index contributed by atoms with van der Waals surface area (Å²) >= 11 is 0. The first-order chi connectivity index (χ1) is 10.6. The van der Waals surface area contributed by atoms with Crippen LogP contribution in [0.4, 0.5) is 11.4 Å².